The minimum atomic E-state index is -0.217. The number of amides is 2. The van der Waals surface area contributed by atoms with E-state index in [1.165, 1.54) is 6.92 Å². The molecular weight excluding hydrogens is 292 g/mol. The number of benzene rings is 2. The normalized spacial score (nSPS) is 10.0. The van der Waals surface area contributed by atoms with Gasteiger partial charge in [0.1, 0.15) is 5.75 Å². The summed E-state index contributed by atoms with van der Waals surface area (Å²) >= 11 is 0. The van der Waals surface area contributed by atoms with Crippen molar-refractivity contribution in [3.8, 4) is 5.75 Å². The third-order valence-electron chi connectivity index (χ3n) is 3.23. The average molecular weight is 312 g/mol. The molecular formula is C18H20N2O3. The SMILES string of the molecule is CCOc1ccc(C(=O)Nc2ccc(C)c(NC(C)=O)c2)cc1. The number of hydrogen-bond acceptors (Lipinski definition) is 3. The molecule has 2 aromatic rings. The maximum absolute atomic E-state index is 12.3. The maximum atomic E-state index is 12.3. The van der Waals surface area contributed by atoms with Crippen LogP contribution in [0.5, 0.6) is 5.75 Å². The number of rotatable bonds is 5. The lowest BCUT2D eigenvalue weighted by molar-refractivity contribution is -0.114. The molecule has 0 spiro atoms. The lowest BCUT2D eigenvalue weighted by Gasteiger charge is -2.11. The Hall–Kier alpha value is -2.82. The molecule has 0 aliphatic carbocycles. The highest BCUT2D eigenvalue weighted by atomic mass is 16.5. The Bertz CT molecular complexity index is 709. The number of hydrogen-bond donors (Lipinski definition) is 2. The van der Waals surface area contributed by atoms with E-state index in [-0.39, 0.29) is 11.8 Å². The molecule has 0 saturated heterocycles. The average Bonchev–Trinajstić information content (AvgIpc) is 2.51. The van der Waals surface area contributed by atoms with E-state index >= 15 is 0 Å². The monoisotopic (exact) mass is 312 g/mol. The highest BCUT2D eigenvalue weighted by molar-refractivity contribution is 6.04. The molecule has 0 fully saturated rings. The summed E-state index contributed by atoms with van der Waals surface area (Å²) in [7, 11) is 0. The molecule has 2 N–H and O–H groups in total. The number of carbonyl (C=O) groups excluding carboxylic acids is 2. The first kappa shape index (κ1) is 16.5. The molecule has 5 heteroatoms. The van der Waals surface area contributed by atoms with Crippen molar-refractivity contribution < 1.29 is 14.3 Å². The van der Waals surface area contributed by atoms with Crippen molar-refractivity contribution in [1.82, 2.24) is 0 Å². The molecule has 0 unspecified atom stereocenters. The van der Waals surface area contributed by atoms with Gasteiger partial charge in [-0.2, -0.15) is 0 Å². The fourth-order valence-corrected chi connectivity index (χ4v) is 2.10. The van der Waals surface area contributed by atoms with Crippen molar-refractivity contribution in [1.29, 1.82) is 0 Å². The van der Waals surface area contributed by atoms with Gasteiger partial charge in [0.15, 0.2) is 0 Å². The molecule has 120 valence electrons. The van der Waals surface area contributed by atoms with Crippen LogP contribution in [0.25, 0.3) is 0 Å². The van der Waals surface area contributed by atoms with Crippen LogP contribution < -0.4 is 15.4 Å². The molecule has 0 saturated carbocycles. The molecule has 0 bridgehead atoms. The standard InChI is InChI=1S/C18H20N2O3/c1-4-23-16-9-6-14(7-10-16)18(22)20-15-8-5-12(2)17(11-15)19-13(3)21/h5-11H,4H2,1-3H3,(H,19,21)(H,20,22). The van der Waals surface area contributed by atoms with Gasteiger partial charge >= 0.3 is 0 Å². The predicted molar refractivity (Wildman–Crippen MR) is 91.0 cm³/mol. The van der Waals surface area contributed by atoms with Gasteiger partial charge in [-0.25, -0.2) is 0 Å². The van der Waals surface area contributed by atoms with Crippen molar-refractivity contribution in [3.63, 3.8) is 0 Å². The lowest BCUT2D eigenvalue weighted by Crippen LogP contribution is -2.13. The zero-order valence-electron chi connectivity index (χ0n) is 13.5. The minimum Gasteiger partial charge on any atom is -0.494 e. The van der Waals surface area contributed by atoms with Gasteiger partial charge in [-0.05, 0) is 55.8 Å². The van der Waals surface area contributed by atoms with Gasteiger partial charge in [0.05, 0.1) is 6.61 Å². The maximum Gasteiger partial charge on any atom is 0.255 e. The van der Waals surface area contributed by atoms with E-state index < -0.39 is 0 Å². The number of nitrogens with one attached hydrogen (secondary N) is 2. The van der Waals surface area contributed by atoms with Crippen LogP contribution in [0.15, 0.2) is 42.5 Å². The summed E-state index contributed by atoms with van der Waals surface area (Å²) in [6.45, 7) is 5.83. The highest BCUT2D eigenvalue weighted by Crippen LogP contribution is 2.21. The van der Waals surface area contributed by atoms with Crippen LogP contribution in [-0.2, 0) is 4.79 Å². The Morgan fingerprint density at radius 2 is 1.74 bits per heavy atom. The number of aryl methyl sites for hydroxylation is 1. The van der Waals surface area contributed by atoms with E-state index in [1.807, 2.05) is 19.9 Å². The number of carbonyl (C=O) groups is 2. The summed E-state index contributed by atoms with van der Waals surface area (Å²) in [5.41, 5.74) is 2.77. The second-order valence-corrected chi connectivity index (χ2v) is 5.12. The summed E-state index contributed by atoms with van der Waals surface area (Å²) in [6.07, 6.45) is 0. The van der Waals surface area contributed by atoms with E-state index in [1.54, 1.807) is 36.4 Å². The smallest absolute Gasteiger partial charge is 0.255 e. The Kier molecular flexibility index (Phi) is 5.36. The first-order chi connectivity index (χ1) is 11.0. The van der Waals surface area contributed by atoms with Gasteiger partial charge in [-0.15, -0.1) is 0 Å². The van der Waals surface area contributed by atoms with E-state index in [9.17, 15) is 9.59 Å². The molecule has 5 nitrogen and oxygen atoms in total. The van der Waals surface area contributed by atoms with Crippen molar-refractivity contribution in [2.75, 3.05) is 17.2 Å². The minimum absolute atomic E-state index is 0.150. The van der Waals surface area contributed by atoms with Crippen molar-refractivity contribution in [3.05, 3.63) is 53.6 Å². The van der Waals surface area contributed by atoms with E-state index in [0.717, 1.165) is 11.3 Å². The zero-order chi connectivity index (χ0) is 16.8. The highest BCUT2D eigenvalue weighted by Gasteiger charge is 2.08. The first-order valence-electron chi connectivity index (χ1n) is 7.42. The fourth-order valence-electron chi connectivity index (χ4n) is 2.10. The third-order valence-corrected chi connectivity index (χ3v) is 3.23. The lowest BCUT2D eigenvalue weighted by atomic mass is 10.1. The zero-order valence-corrected chi connectivity index (χ0v) is 13.5. The molecule has 2 aromatic carbocycles. The Morgan fingerprint density at radius 1 is 1.04 bits per heavy atom. The first-order valence-corrected chi connectivity index (χ1v) is 7.42. The molecule has 0 aliphatic rings. The summed E-state index contributed by atoms with van der Waals surface area (Å²) in [5, 5.41) is 5.56. The molecule has 0 aliphatic heterocycles. The summed E-state index contributed by atoms with van der Waals surface area (Å²) in [6, 6.07) is 12.3. The van der Waals surface area contributed by atoms with Crippen LogP contribution in [0.3, 0.4) is 0 Å². The Morgan fingerprint density at radius 3 is 2.35 bits per heavy atom. The molecule has 2 amide bonds. The Balaban J connectivity index is 2.11. The molecule has 0 radical (unpaired) electrons. The second kappa shape index (κ2) is 7.45. The van der Waals surface area contributed by atoms with Gasteiger partial charge in [0.2, 0.25) is 5.91 Å². The molecule has 0 aromatic heterocycles. The number of anilines is 2. The predicted octanol–water partition coefficient (Wildman–Crippen LogP) is 3.60. The third kappa shape index (κ3) is 4.57. The van der Waals surface area contributed by atoms with Crippen molar-refractivity contribution in [2.45, 2.75) is 20.8 Å². The summed E-state index contributed by atoms with van der Waals surface area (Å²) < 4.78 is 5.35. The van der Waals surface area contributed by atoms with E-state index in [2.05, 4.69) is 10.6 Å². The molecule has 2 rings (SSSR count). The molecule has 23 heavy (non-hydrogen) atoms. The van der Waals surface area contributed by atoms with Gasteiger partial charge in [-0.3, -0.25) is 9.59 Å². The van der Waals surface area contributed by atoms with Crippen LogP contribution in [0.2, 0.25) is 0 Å². The van der Waals surface area contributed by atoms with Crippen LogP contribution >= 0.6 is 0 Å². The van der Waals surface area contributed by atoms with Crippen LogP contribution in [-0.4, -0.2) is 18.4 Å². The van der Waals surface area contributed by atoms with Crippen LogP contribution in [0.4, 0.5) is 11.4 Å². The van der Waals surface area contributed by atoms with Crippen LogP contribution in [0, 0.1) is 6.92 Å². The molecule has 0 heterocycles. The van der Waals surface area contributed by atoms with Crippen LogP contribution in [0.1, 0.15) is 29.8 Å². The quantitative estimate of drug-likeness (QED) is 0.886. The van der Waals surface area contributed by atoms with E-state index in [0.29, 0.717) is 23.5 Å². The van der Waals surface area contributed by atoms with E-state index in [4.69, 9.17) is 4.74 Å². The molecule has 0 atom stereocenters. The fraction of sp³-hybridized carbons (Fsp3) is 0.222. The second-order valence-electron chi connectivity index (χ2n) is 5.12. The summed E-state index contributed by atoms with van der Waals surface area (Å²) in [4.78, 5) is 23.5. The topological polar surface area (TPSA) is 67.4 Å². The van der Waals surface area contributed by atoms with Gasteiger partial charge in [-0.1, -0.05) is 6.07 Å². The van der Waals surface area contributed by atoms with Crippen molar-refractivity contribution >= 4 is 23.2 Å². The largest absolute Gasteiger partial charge is 0.494 e. The van der Waals surface area contributed by atoms with Gasteiger partial charge < -0.3 is 15.4 Å². The number of ether oxygens (including phenoxy) is 1. The van der Waals surface area contributed by atoms with Crippen molar-refractivity contribution in [2.24, 2.45) is 0 Å². The van der Waals surface area contributed by atoms with Gasteiger partial charge in [0, 0.05) is 23.9 Å². The summed E-state index contributed by atoms with van der Waals surface area (Å²) in [5.74, 6) is 0.362. The Labute approximate surface area is 135 Å². The van der Waals surface area contributed by atoms with Gasteiger partial charge in [0.25, 0.3) is 5.91 Å².